The molecule has 0 spiro atoms. The van der Waals surface area contributed by atoms with Crippen LogP contribution >= 0.6 is 0 Å². The van der Waals surface area contributed by atoms with Crippen molar-refractivity contribution >= 4 is 17.5 Å². The van der Waals surface area contributed by atoms with Crippen molar-refractivity contribution in [2.24, 2.45) is 0 Å². The van der Waals surface area contributed by atoms with Crippen molar-refractivity contribution in [3.05, 3.63) is 77.5 Å². The summed E-state index contributed by atoms with van der Waals surface area (Å²) in [5, 5.41) is 7.41. The van der Waals surface area contributed by atoms with Gasteiger partial charge in [0.05, 0.1) is 18.8 Å². The van der Waals surface area contributed by atoms with E-state index in [4.69, 9.17) is 4.74 Å². The van der Waals surface area contributed by atoms with Crippen LogP contribution in [0.3, 0.4) is 0 Å². The van der Waals surface area contributed by atoms with Crippen LogP contribution in [0, 0.1) is 6.92 Å². The van der Waals surface area contributed by atoms with Crippen LogP contribution in [0.5, 0.6) is 5.75 Å². The molecule has 0 aliphatic rings. The van der Waals surface area contributed by atoms with E-state index < -0.39 is 0 Å². The van der Waals surface area contributed by atoms with Gasteiger partial charge in [0.15, 0.2) is 5.78 Å². The van der Waals surface area contributed by atoms with E-state index in [0.717, 1.165) is 11.3 Å². The van der Waals surface area contributed by atoms with Crippen LogP contribution in [0.4, 0.5) is 5.82 Å². The van der Waals surface area contributed by atoms with Crippen molar-refractivity contribution in [2.45, 2.75) is 33.2 Å². The fraction of sp³-hybridized carbons (Fsp3) is 0.261. The number of ether oxygens (including phenoxy) is 1. The number of rotatable bonds is 9. The van der Waals surface area contributed by atoms with Gasteiger partial charge in [-0.05, 0) is 50.1 Å². The van der Waals surface area contributed by atoms with Crippen LogP contribution < -0.4 is 10.1 Å². The van der Waals surface area contributed by atoms with E-state index in [1.165, 1.54) is 6.92 Å². The van der Waals surface area contributed by atoms with E-state index in [2.05, 4.69) is 10.4 Å². The number of Topliss-reactive ketones (excluding diaryl/α,β-unsaturated/α-hetero) is 1. The standard InChI is InChI=1S/C23H25N3O3/c1-17-15-22(26(25-17)16-19-7-4-3-5-8-19)24-23(28)9-6-14-29-21-12-10-20(11-13-21)18(2)27/h3-5,7-8,10-13,15H,6,9,14,16H2,1-2H3,(H,24,28). The summed E-state index contributed by atoms with van der Waals surface area (Å²) in [6, 6.07) is 18.9. The fourth-order valence-electron chi connectivity index (χ4n) is 2.94. The molecule has 1 amide bonds. The number of aryl methyl sites for hydroxylation is 1. The van der Waals surface area contributed by atoms with Crippen molar-refractivity contribution in [3.8, 4) is 5.75 Å². The molecule has 6 heteroatoms. The summed E-state index contributed by atoms with van der Waals surface area (Å²) in [6.45, 7) is 4.46. The highest BCUT2D eigenvalue weighted by Crippen LogP contribution is 2.15. The topological polar surface area (TPSA) is 73.2 Å². The molecule has 0 saturated heterocycles. The molecule has 0 fully saturated rings. The largest absolute Gasteiger partial charge is 0.494 e. The highest BCUT2D eigenvalue weighted by Gasteiger charge is 2.10. The van der Waals surface area contributed by atoms with Crippen molar-refractivity contribution in [1.29, 1.82) is 0 Å². The Hall–Kier alpha value is -3.41. The van der Waals surface area contributed by atoms with Gasteiger partial charge in [-0.25, -0.2) is 4.68 Å². The van der Waals surface area contributed by atoms with Gasteiger partial charge in [0.25, 0.3) is 0 Å². The molecule has 3 aromatic rings. The zero-order valence-corrected chi connectivity index (χ0v) is 16.7. The lowest BCUT2D eigenvalue weighted by molar-refractivity contribution is -0.116. The van der Waals surface area contributed by atoms with Crippen LogP contribution in [0.25, 0.3) is 0 Å². The first-order valence-corrected chi connectivity index (χ1v) is 9.63. The first-order valence-electron chi connectivity index (χ1n) is 9.63. The van der Waals surface area contributed by atoms with Gasteiger partial charge in [-0.1, -0.05) is 30.3 Å². The van der Waals surface area contributed by atoms with E-state index in [1.807, 2.05) is 43.3 Å². The lowest BCUT2D eigenvalue weighted by atomic mass is 10.1. The first kappa shape index (κ1) is 20.3. The minimum atomic E-state index is -0.0743. The van der Waals surface area contributed by atoms with Crippen molar-refractivity contribution in [3.63, 3.8) is 0 Å². The van der Waals surface area contributed by atoms with Gasteiger partial charge in [-0.3, -0.25) is 9.59 Å². The van der Waals surface area contributed by atoms with Crippen LogP contribution in [0.2, 0.25) is 0 Å². The summed E-state index contributed by atoms with van der Waals surface area (Å²) in [6.07, 6.45) is 0.938. The second-order valence-electron chi connectivity index (χ2n) is 6.89. The first-order chi connectivity index (χ1) is 14.0. The Morgan fingerprint density at radius 1 is 1.07 bits per heavy atom. The van der Waals surface area contributed by atoms with Crippen LogP contribution in [-0.2, 0) is 11.3 Å². The number of amides is 1. The molecule has 1 N–H and O–H groups in total. The van der Waals surface area contributed by atoms with Gasteiger partial charge < -0.3 is 10.1 Å². The number of nitrogens with one attached hydrogen (secondary N) is 1. The zero-order chi connectivity index (χ0) is 20.6. The quantitative estimate of drug-likeness (QED) is 0.437. The number of aromatic nitrogens is 2. The van der Waals surface area contributed by atoms with E-state index in [9.17, 15) is 9.59 Å². The number of benzene rings is 2. The summed E-state index contributed by atoms with van der Waals surface area (Å²) in [4.78, 5) is 23.6. The Morgan fingerprint density at radius 3 is 2.48 bits per heavy atom. The molecule has 150 valence electrons. The smallest absolute Gasteiger partial charge is 0.225 e. The lowest BCUT2D eigenvalue weighted by Crippen LogP contribution is -2.16. The van der Waals surface area contributed by atoms with Gasteiger partial charge in [0.1, 0.15) is 11.6 Å². The second-order valence-corrected chi connectivity index (χ2v) is 6.89. The Labute approximate surface area is 170 Å². The van der Waals surface area contributed by atoms with Gasteiger partial charge in [-0.15, -0.1) is 0 Å². The summed E-state index contributed by atoms with van der Waals surface area (Å²) in [7, 11) is 0. The molecule has 0 aliphatic carbocycles. The highest BCUT2D eigenvalue weighted by molar-refractivity contribution is 5.94. The Morgan fingerprint density at radius 2 is 1.79 bits per heavy atom. The Kier molecular flexibility index (Phi) is 6.79. The normalized spacial score (nSPS) is 10.6. The number of carbonyl (C=O) groups excluding carboxylic acids is 2. The van der Waals surface area contributed by atoms with Gasteiger partial charge in [0.2, 0.25) is 5.91 Å². The van der Waals surface area contributed by atoms with Crippen molar-refractivity contribution in [1.82, 2.24) is 9.78 Å². The zero-order valence-electron chi connectivity index (χ0n) is 16.7. The van der Waals surface area contributed by atoms with Gasteiger partial charge >= 0.3 is 0 Å². The summed E-state index contributed by atoms with van der Waals surface area (Å²) < 4.78 is 7.44. The fourth-order valence-corrected chi connectivity index (χ4v) is 2.94. The average molecular weight is 391 g/mol. The number of nitrogens with zero attached hydrogens (tertiary/aromatic N) is 2. The molecule has 1 heterocycles. The summed E-state index contributed by atoms with van der Waals surface area (Å²) in [5.74, 6) is 1.33. The molecule has 0 radical (unpaired) electrons. The highest BCUT2D eigenvalue weighted by atomic mass is 16.5. The predicted octanol–water partition coefficient (Wildman–Crippen LogP) is 4.24. The molecule has 1 aromatic heterocycles. The molecule has 3 rings (SSSR count). The number of ketones is 1. The van der Waals surface area contributed by atoms with Crippen molar-refractivity contribution in [2.75, 3.05) is 11.9 Å². The number of anilines is 1. The van der Waals surface area contributed by atoms with E-state index in [1.54, 1.807) is 28.9 Å². The number of hydrogen-bond acceptors (Lipinski definition) is 4. The van der Waals surface area contributed by atoms with Gasteiger partial charge in [0, 0.05) is 18.1 Å². The maximum absolute atomic E-state index is 12.3. The summed E-state index contributed by atoms with van der Waals surface area (Å²) >= 11 is 0. The van der Waals surface area contributed by atoms with Crippen LogP contribution in [0.1, 0.15) is 41.4 Å². The maximum atomic E-state index is 12.3. The third kappa shape index (κ3) is 6.04. The van der Waals surface area contributed by atoms with E-state index in [-0.39, 0.29) is 11.7 Å². The van der Waals surface area contributed by atoms with E-state index >= 15 is 0 Å². The number of carbonyl (C=O) groups is 2. The molecule has 29 heavy (non-hydrogen) atoms. The van der Waals surface area contributed by atoms with Crippen LogP contribution in [-0.4, -0.2) is 28.1 Å². The SMILES string of the molecule is CC(=O)c1ccc(OCCCC(=O)Nc2cc(C)nn2Cc2ccccc2)cc1. The molecule has 0 atom stereocenters. The third-order valence-corrected chi connectivity index (χ3v) is 4.42. The van der Waals surface area contributed by atoms with Crippen molar-refractivity contribution < 1.29 is 14.3 Å². The molecular formula is C23H25N3O3. The maximum Gasteiger partial charge on any atom is 0.225 e. The summed E-state index contributed by atoms with van der Waals surface area (Å²) in [5.41, 5.74) is 2.63. The lowest BCUT2D eigenvalue weighted by Gasteiger charge is -2.10. The molecule has 2 aromatic carbocycles. The third-order valence-electron chi connectivity index (χ3n) is 4.42. The molecule has 0 unspecified atom stereocenters. The molecular weight excluding hydrogens is 366 g/mol. The van der Waals surface area contributed by atoms with Gasteiger partial charge in [-0.2, -0.15) is 5.10 Å². The van der Waals surface area contributed by atoms with Crippen LogP contribution in [0.15, 0.2) is 60.7 Å². The Balaban J connectivity index is 1.46. The minimum Gasteiger partial charge on any atom is -0.494 e. The Bertz CT molecular complexity index is 963. The minimum absolute atomic E-state index is 0.0231. The predicted molar refractivity (Wildman–Crippen MR) is 112 cm³/mol. The van der Waals surface area contributed by atoms with E-state index in [0.29, 0.717) is 43.1 Å². The number of hydrogen-bond donors (Lipinski definition) is 1. The molecule has 0 aliphatic heterocycles. The molecule has 0 saturated carbocycles. The molecule has 6 nitrogen and oxygen atoms in total. The molecule has 0 bridgehead atoms. The second kappa shape index (κ2) is 9.68. The monoisotopic (exact) mass is 391 g/mol. The average Bonchev–Trinajstić information content (AvgIpc) is 3.05.